The largest absolute Gasteiger partial charge is 0.496 e. The number of para-hydroxylation sites is 1. The highest BCUT2D eigenvalue weighted by atomic mass is 16.5. The van der Waals surface area contributed by atoms with Crippen molar-refractivity contribution in [3.63, 3.8) is 0 Å². The van der Waals surface area contributed by atoms with Crippen LogP contribution in [0.25, 0.3) is 0 Å². The molecule has 2 heterocycles. The first-order valence-corrected chi connectivity index (χ1v) is 8.70. The van der Waals surface area contributed by atoms with Crippen LogP contribution in [0, 0.1) is 11.3 Å². The number of ether oxygens (including phenoxy) is 2. The summed E-state index contributed by atoms with van der Waals surface area (Å²) in [5.74, 6) is 1.23. The molecule has 1 aromatic carbocycles. The maximum atomic E-state index is 13.1. The van der Waals surface area contributed by atoms with Crippen LogP contribution in [0.4, 0.5) is 0 Å². The predicted molar refractivity (Wildman–Crippen MR) is 93.4 cm³/mol. The zero-order valence-corrected chi connectivity index (χ0v) is 15.0. The van der Waals surface area contributed by atoms with E-state index in [9.17, 15) is 4.79 Å². The number of carbonyl (C=O) groups excluding carboxylic acids is 1. The van der Waals surface area contributed by atoms with Gasteiger partial charge in [0.1, 0.15) is 5.75 Å². The van der Waals surface area contributed by atoms with E-state index in [2.05, 4.69) is 19.0 Å². The van der Waals surface area contributed by atoms with E-state index in [1.165, 1.54) is 0 Å². The van der Waals surface area contributed by atoms with Gasteiger partial charge >= 0.3 is 0 Å². The third-order valence-corrected chi connectivity index (χ3v) is 5.51. The van der Waals surface area contributed by atoms with Crippen molar-refractivity contribution in [1.82, 2.24) is 9.80 Å². The van der Waals surface area contributed by atoms with E-state index >= 15 is 0 Å². The Bertz CT molecular complexity index is 582. The summed E-state index contributed by atoms with van der Waals surface area (Å²) in [6.07, 6.45) is 2.09. The minimum absolute atomic E-state index is 0.0829. The Morgan fingerprint density at radius 1 is 1.33 bits per heavy atom. The lowest BCUT2D eigenvalue weighted by atomic mass is 9.72. The Kier molecular flexibility index (Phi) is 5.11. The summed E-state index contributed by atoms with van der Waals surface area (Å²) in [7, 11) is 5.83. The molecule has 1 spiro atoms. The third kappa shape index (κ3) is 3.28. The lowest BCUT2D eigenvalue weighted by Crippen LogP contribution is -2.40. The van der Waals surface area contributed by atoms with Gasteiger partial charge in [-0.05, 0) is 50.4 Å². The summed E-state index contributed by atoms with van der Waals surface area (Å²) >= 11 is 0. The van der Waals surface area contributed by atoms with E-state index in [1.54, 1.807) is 7.11 Å². The fraction of sp³-hybridized carbons (Fsp3) is 0.632. The van der Waals surface area contributed by atoms with E-state index in [0.717, 1.165) is 45.7 Å². The van der Waals surface area contributed by atoms with Crippen LogP contribution in [0.1, 0.15) is 23.2 Å². The van der Waals surface area contributed by atoms with Gasteiger partial charge in [0.25, 0.3) is 5.91 Å². The van der Waals surface area contributed by atoms with Crippen molar-refractivity contribution in [2.24, 2.45) is 11.3 Å². The molecule has 0 N–H and O–H groups in total. The molecular formula is C19H28N2O3. The molecule has 24 heavy (non-hydrogen) atoms. The third-order valence-electron chi connectivity index (χ3n) is 5.51. The van der Waals surface area contributed by atoms with Gasteiger partial charge in [-0.3, -0.25) is 4.79 Å². The Labute approximate surface area is 144 Å². The Balaban J connectivity index is 1.83. The van der Waals surface area contributed by atoms with Gasteiger partial charge in [0.2, 0.25) is 0 Å². The van der Waals surface area contributed by atoms with Gasteiger partial charge in [-0.25, -0.2) is 0 Å². The van der Waals surface area contributed by atoms with Gasteiger partial charge in [-0.2, -0.15) is 0 Å². The highest BCUT2D eigenvalue weighted by molar-refractivity contribution is 5.97. The van der Waals surface area contributed by atoms with Crippen LogP contribution in [0.3, 0.4) is 0 Å². The average molecular weight is 332 g/mol. The summed E-state index contributed by atoms with van der Waals surface area (Å²) in [5.41, 5.74) is 0.855. The van der Waals surface area contributed by atoms with Crippen molar-refractivity contribution in [3.8, 4) is 5.75 Å². The normalized spacial score (nSPS) is 23.0. The van der Waals surface area contributed by atoms with Gasteiger partial charge in [-0.1, -0.05) is 12.1 Å². The minimum atomic E-state index is 0.0829. The number of benzene rings is 1. The Morgan fingerprint density at radius 3 is 2.71 bits per heavy atom. The summed E-state index contributed by atoms with van der Waals surface area (Å²) in [5, 5.41) is 0. The molecule has 1 amide bonds. The monoisotopic (exact) mass is 332 g/mol. The minimum Gasteiger partial charge on any atom is -0.496 e. The highest BCUT2D eigenvalue weighted by Gasteiger charge is 2.48. The molecule has 0 radical (unpaired) electrons. The first-order valence-electron chi connectivity index (χ1n) is 8.70. The molecule has 1 aromatic rings. The fourth-order valence-corrected chi connectivity index (χ4v) is 4.22. The van der Waals surface area contributed by atoms with Crippen LogP contribution in [0.5, 0.6) is 5.75 Å². The van der Waals surface area contributed by atoms with Crippen molar-refractivity contribution in [2.75, 3.05) is 54.1 Å². The van der Waals surface area contributed by atoms with E-state index in [4.69, 9.17) is 9.47 Å². The summed E-state index contributed by atoms with van der Waals surface area (Å²) in [6.45, 7) is 4.26. The number of amides is 1. The number of methoxy groups -OCH3 is 1. The van der Waals surface area contributed by atoms with Gasteiger partial charge in [-0.15, -0.1) is 0 Å². The molecule has 2 aliphatic rings. The zero-order valence-electron chi connectivity index (χ0n) is 15.0. The van der Waals surface area contributed by atoms with Crippen molar-refractivity contribution in [1.29, 1.82) is 0 Å². The average Bonchev–Trinajstić information content (AvgIpc) is 2.92. The number of hydrogen-bond acceptors (Lipinski definition) is 4. The molecule has 2 fully saturated rings. The molecular weight excluding hydrogens is 304 g/mol. The first-order chi connectivity index (χ1) is 11.6. The van der Waals surface area contributed by atoms with Crippen LogP contribution in [0.2, 0.25) is 0 Å². The van der Waals surface area contributed by atoms with E-state index in [1.807, 2.05) is 29.2 Å². The number of rotatable bonds is 4. The molecule has 2 aliphatic heterocycles. The van der Waals surface area contributed by atoms with Crippen molar-refractivity contribution in [3.05, 3.63) is 29.8 Å². The Morgan fingerprint density at radius 2 is 2.04 bits per heavy atom. The van der Waals surface area contributed by atoms with E-state index in [0.29, 0.717) is 17.2 Å². The molecule has 5 heteroatoms. The quantitative estimate of drug-likeness (QED) is 0.847. The van der Waals surface area contributed by atoms with Crippen LogP contribution in [-0.2, 0) is 4.74 Å². The van der Waals surface area contributed by atoms with Gasteiger partial charge in [0, 0.05) is 32.8 Å². The topological polar surface area (TPSA) is 42.0 Å². The molecule has 1 atom stereocenters. The molecule has 0 bridgehead atoms. The molecule has 0 aromatic heterocycles. The van der Waals surface area contributed by atoms with Gasteiger partial charge in [0.15, 0.2) is 0 Å². The van der Waals surface area contributed by atoms with Crippen LogP contribution in [-0.4, -0.2) is 69.8 Å². The molecule has 132 valence electrons. The number of carbonyl (C=O) groups is 1. The summed E-state index contributed by atoms with van der Waals surface area (Å²) in [4.78, 5) is 17.3. The van der Waals surface area contributed by atoms with Crippen molar-refractivity contribution in [2.45, 2.75) is 12.8 Å². The molecule has 3 rings (SSSR count). The van der Waals surface area contributed by atoms with E-state index < -0.39 is 0 Å². The second-order valence-corrected chi connectivity index (χ2v) is 7.32. The standard InChI is InChI=1S/C19H28N2O3/c1-20(2)12-15-13-21(14-19(15)8-10-24-11-9-19)18(22)16-6-4-5-7-17(16)23-3/h4-7,15H,8-14H2,1-3H3. The first kappa shape index (κ1) is 17.2. The lowest BCUT2D eigenvalue weighted by molar-refractivity contribution is -0.00452. The Hall–Kier alpha value is -1.59. The summed E-state index contributed by atoms with van der Waals surface area (Å²) < 4.78 is 11.0. The van der Waals surface area contributed by atoms with Crippen molar-refractivity contribution < 1.29 is 14.3 Å². The van der Waals surface area contributed by atoms with Gasteiger partial charge in [0.05, 0.1) is 12.7 Å². The molecule has 5 nitrogen and oxygen atoms in total. The highest BCUT2D eigenvalue weighted by Crippen LogP contribution is 2.45. The molecule has 1 unspecified atom stereocenters. The lowest BCUT2D eigenvalue weighted by Gasteiger charge is -2.38. The second kappa shape index (κ2) is 7.11. The van der Waals surface area contributed by atoms with Gasteiger partial charge < -0.3 is 19.3 Å². The summed E-state index contributed by atoms with van der Waals surface area (Å²) in [6, 6.07) is 7.50. The van der Waals surface area contributed by atoms with Crippen LogP contribution >= 0.6 is 0 Å². The second-order valence-electron chi connectivity index (χ2n) is 7.32. The predicted octanol–water partition coefficient (Wildman–Crippen LogP) is 2.13. The number of likely N-dealkylation sites (tertiary alicyclic amines) is 1. The fourth-order valence-electron chi connectivity index (χ4n) is 4.22. The zero-order chi connectivity index (χ0) is 17.2. The van der Waals surface area contributed by atoms with Crippen molar-refractivity contribution >= 4 is 5.91 Å². The maximum absolute atomic E-state index is 13.1. The number of nitrogens with zero attached hydrogens (tertiary/aromatic N) is 2. The smallest absolute Gasteiger partial charge is 0.257 e. The van der Waals surface area contributed by atoms with E-state index in [-0.39, 0.29) is 11.3 Å². The number of hydrogen-bond donors (Lipinski definition) is 0. The molecule has 2 saturated heterocycles. The van der Waals surface area contributed by atoms with Crippen LogP contribution < -0.4 is 4.74 Å². The molecule has 0 aliphatic carbocycles. The van der Waals surface area contributed by atoms with Crippen LogP contribution in [0.15, 0.2) is 24.3 Å². The molecule has 0 saturated carbocycles. The SMILES string of the molecule is COc1ccccc1C(=O)N1CC(CN(C)C)C2(CCOCC2)C1. The maximum Gasteiger partial charge on any atom is 0.257 e.